The molecule has 1 rings (SSSR count). The molecular formula is C10H11IO. The fraction of sp³-hybridized carbons (Fsp3) is 0.300. The Morgan fingerprint density at radius 2 is 2.00 bits per heavy atom. The van der Waals surface area contributed by atoms with Gasteiger partial charge in [0.15, 0.2) is 0 Å². The molecule has 0 aliphatic rings. The van der Waals surface area contributed by atoms with Gasteiger partial charge in [-0.2, -0.15) is 0 Å². The first-order valence-electron chi connectivity index (χ1n) is 3.97. The van der Waals surface area contributed by atoms with Crippen molar-refractivity contribution < 1.29 is 4.79 Å². The number of carbonyl (C=O) groups is 1. The van der Waals surface area contributed by atoms with Gasteiger partial charge in [-0.15, -0.1) is 0 Å². The van der Waals surface area contributed by atoms with Gasteiger partial charge in [0, 0.05) is 6.42 Å². The highest BCUT2D eigenvalue weighted by Gasteiger charge is 2.13. The molecule has 1 aromatic carbocycles. The highest BCUT2D eigenvalue weighted by molar-refractivity contribution is 14.1. The van der Waals surface area contributed by atoms with Gasteiger partial charge in [-0.1, -0.05) is 59.8 Å². The maximum atomic E-state index is 11.3. The Morgan fingerprint density at radius 1 is 1.42 bits per heavy atom. The summed E-state index contributed by atoms with van der Waals surface area (Å²) in [6, 6.07) is 9.87. The van der Waals surface area contributed by atoms with Crippen LogP contribution >= 0.6 is 22.6 Å². The number of ketones is 1. The number of rotatable bonds is 3. The molecule has 0 N–H and O–H groups in total. The molecular weight excluding hydrogens is 263 g/mol. The normalized spacial score (nSPS) is 12.5. The van der Waals surface area contributed by atoms with Gasteiger partial charge in [-0.05, 0) is 5.56 Å². The zero-order chi connectivity index (χ0) is 8.97. The van der Waals surface area contributed by atoms with Crippen LogP contribution in [0.15, 0.2) is 30.3 Å². The number of Topliss-reactive ketones (excluding diaryl/α,β-unsaturated/α-hetero) is 1. The maximum absolute atomic E-state index is 11.3. The molecule has 1 unspecified atom stereocenters. The summed E-state index contributed by atoms with van der Waals surface area (Å²) in [6.45, 7) is 1.90. The van der Waals surface area contributed by atoms with E-state index >= 15 is 0 Å². The molecule has 0 bridgehead atoms. The van der Waals surface area contributed by atoms with Gasteiger partial charge in [0.2, 0.25) is 0 Å². The van der Waals surface area contributed by atoms with Crippen LogP contribution in [0.2, 0.25) is 0 Å². The molecule has 0 aromatic heterocycles. The van der Waals surface area contributed by atoms with Crippen molar-refractivity contribution >= 4 is 28.4 Å². The Labute approximate surface area is 86.3 Å². The fourth-order valence-corrected chi connectivity index (χ4v) is 1.84. The van der Waals surface area contributed by atoms with E-state index in [4.69, 9.17) is 0 Å². The second-order valence-electron chi connectivity index (χ2n) is 2.59. The average Bonchev–Trinajstić information content (AvgIpc) is 2.17. The Kier molecular flexibility index (Phi) is 3.72. The first kappa shape index (κ1) is 9.71. The smallest absolute Gasteiger partial charge is 0.149 e. The van der Waals surface area contributed by atoms with Crippen molar-refractivity contribution in [2.45, 2.75) is 17.3 Å². The molecule has 0 amide bonds. The van der Waals surface area contributed by atoms with Crippen molar-refractivity contribution in [2.24, 2.45) is 0 Å². The zero-order valence-electron chi connectivity index (χ0n) is 6.96. The molecule has 1 atom stereocenters. The molecule has 1 aromatic rings. The first-order chi connectivity index (χ1) is 5.75. The molecule has 1 nitrogen and oxygen atoms in total. The summed E-state index contributed by atoms with van der Waals surface area (Å²) in [5.74, 6) is 0.293. The monoisotopic (exact) mass is 274 g/mol. The lowest BCUT2D eigenvalue weighted by molar-refractivity contribution is -0.118. The highest BCUT2D eigenvalue weighted by atomic mass is 127. The summed E-state index contributed by atoms with van der Waals surface area (Å²) in [5.41, 5.74) is 1.10. The quantitative estimate of drug-likeness (QED) is 0.611. The van der Waals surface area contributed by atoms with Gasteiger partial charge < -0.3 is 0 Å². The second kappa shape index (κ2) is 4.60. The third kappa shape index (κ3) is 2.30. The summed E-state index contributed by atoms with van der Waals surface area (Å²) in [7, 11) is 0. The van der Waals surface area contributed by atoms with Gasteiger partial charge in [0.1, 0.15) is 5.78 Å². The zero-order valence-corrected chi connectivity index (χ0v) is 9.11. The Balaban J connectivity index is 2.78. The summed E-state index contributed by atoms with van der Waals surface area (Å²) in [5, 5.41) is 0. The van der Waals surface area contributed by atoms with Crippen LogP contribution in [0.4, 0.5) is 0 Å². The largest absolute Gasteiger partial charge is 0.298 e. The van der Waals surface area contributed by atoms with Gasteiger partial charge >= 0.3 is 0 Å². The van der Waals surface area contributed by atoms with E-state index in [-0.39, 0.29) is 3.92 Å². The third-order valence-corrected chi connectivity index (χ3v) is 3.14. The number of alkyl halides is 1. The van der Waals surface area contributed by atoms with Crippen LogP contribution in [0.3, 0.4) is 0 Å². The number of hydrogen-bond acceptors (Lipinski definition) is 1. The first-order valence-corrected chi connectivity index (χ1v) is 5.22. The van der Waals surface area contributed by atoms with Crippen LogP contribution in [0.25, 0.3) is 0 Å². The van der Waals surface area contributed by atoms with Crippen molar-refractivity contribution in [1.29, 1.82) is 0 Å². The summed E-state index contributed by atoms with van der Waals surface area (Å²) in [4.78, 5) is 11.3. The van der Waals surface area contributed by atoms with Gasteiger partial charge in [-0.25, -0.2) is 0 Å². The van der Waals surface area contributed by atoms with E-state index < -0.39 is 0 Å². The van der Waals surface area contributed by atoms with Crippen LogP contribution in [-0.2, 0) is 4.79 Å². The SMILES string of the molecule is CCC(=O)C(I)c1ccccc1. The standard InChI is InChI=1S/C10H11IO/c1-2-9(12)10(11)8-6-4-3-5-7-8/h3-7,10H,2H2,1H3. The minimum Gasteiger partial charge on any atom is -0.298 e. The van der Waals surface area contributed by atoms with Crippen molar-refractivity contribution in [3.8, 4) is 0 Å². The van der Waals surface area contributed by atoms with E-state index in [1.165, 1.54) is 0 Å². The van der Waals surface area contributed by atoms with Crippen molar-refractivity contribution in [3.63, 3.8) is 0 Å². The summed E-state index contributed by atoms with van der Waals surface area (Å²) >= 11 is 2.18. The predicted molar refractivity (Wildman–Crippen MR) is 58.5 cm³/mol. The molecule has 0 heterocycles. The Hall–Kier alpha value is -0.380. The van der Waals surface area contributed by atoms with Crippen LogP contribution < -0.4 is 0 Å². The van der Waals surface area contributed by atoms with Crippen LogP contribution in [-0.4, -0.2) is 5.78 Å². The van der Waals surface area contributed by atoms with E-state index in [1.807, 2.05) is 37.3 Å². The number of carbonyl (C=O) groups excluding carboxylic acids is 1. The minimum absolute atomic E-state index is 0.0220. The van der Waals surface area contributed by atoms with E-state index in [1.54, 1.807) is 0 Å². The van der Waals surface area contributed by atoms with Crippen molar-refractivity contribution in [1.82, 2.24) is 0 Å². The lowest BCUT2D eigenvalue weighted by atomic mass is 10.1. The highest BCUT2D eigenvalue weighted by Crippen LogP contribution is 2.24. The van der Waals surface area contributed by atoms with Crippen LogP contribution in [0.1, 0.15) is 22.8 Å². The molecule has 0 saturated carbocycles. The summed E-state index contributed by atoms with van der Waals surface area (Å²) in [6.07, 6.45) is 0.614. The maximum Gasteiger partial charge on any atom is 0.149 e. The molecule has 0 fully saturated rings. The second-order valence-corrected chi connectivity index (χ2v) is 3.84. The molecule has 0 spiro atoms. The summed E-state index contributed by atoms with van der Waals surface area (Å²) < 4.78 is 0.0220. The van der Waals surface area contributed by atoms with Gasteiger partial charge in [0.25, 0.3) is 0 Å². The fourth-order valence-electron chi connectivity index (χ4n) is 0.987. The predicted octanol–water partition coefficient (Wildman–Crippen LogP) is 3.14. The lowest BCUT2D eigenvalue weighted by Gasteiger charge is -2.06. The Morgan fingerprint density at radius 3 is 2.50 bits per heavy atom. The molecule has 12 heavy (non-hydrogen) atoms. The Bertz CT molecular complexity index is 256. The van der Waals surface area contributed by atoms with E-state index in [2.05, 4.69) is 22.6 Å². The molecule has 0 saturated heterocycles. The molecule has 64 valence electrons. The van der Waals surface area contributed by atoms with Gasteiger partial charge in [-0.3, -0.25) is 4.79 Å². The van der Waals surface area contributed by atoms with Crippen LogP contribution in [0, 0.1) is 0 Å². The van der Waals surface area contributed by atoms with E-state index in [0.717, 1.165) is 5.56 Å². The number of benzene rings is 1. The number of hydrogen-bond donors (Lipinski definition) is 0. The molecule has 0 aliphatic carbocycles. The minimum atomic E-state index is 0.0220. The molecule has 0 radical (unpaired) electrons. The van der Waals surface area contributed by atoms with Crippen molar-refractivity contribution in [2.75, 3.05) is 0 Å². The topological polar surface area (TPSA) is 17.1 Å². The van der Waals surface area contributed by atoms with Crippen LogP contribution in [0.5, 0.6) is 0 Å². The van der Waals surface area contributed by atoms with E-state index in [9.17, 15) is 4.79 Å². The lowest BCUT2D eigenvalue weighted by Crippen LogP contribution is -2.03. The van der Waals surface area contributed by atoms with Crippen molar-refractivity contribution in [3.05, 3.63) is 35.9 Å². The molecule has 0 aliphatic heterocycles. The molecule has 2 heteroatoms. The number of halogens is 1. The van der Waals surface area contributed by atoms with E-state index in [0.29, 0.717) is 12.2 Å². The average molecular weight is 274 g/mol. The third-order valence-electron chi connectivity index (χ3n) is 1.72. The van der Waals surface area contributed by atoms with Gasteiger partial charge in [0.05, 0.1) is 3.92 Å².